The minimum atomic E-state index is 0.523. The summed E-state index contributed by atoms with van der Waals surface area (Å²) in [5.74, 6) is 3.58. The lowest BCUT2D eigenvalue weighted by molar-refractivity contribution is 0.143. The minimum Gasteiger partial charge on any atom is -0.330 e. The Morgan fingerprint density at radius 2 is 1.73 bits per heavy atom. The van der Waals surface area contributed by atoms with E-state index in [4.69, 9.17) is 5.73 Å². The fourth-order valence-electron chi connectivity index (χ4n) is 4.88. The summed E-state index contributed by atoms with van der Waals surface area (Å²) in [5, 5.41) is 0. The molecule has 0 radical (unpaired) electrons. The Kier molecular flexibility index (Phi) is 9.05. The van der Waals surface area contributed by atoms with Crippen LogP contribution in [0.15, 0.2) is 0 Å². The fourth-order valence-corrected chi connectivity index (χ4v) is 4.88. The first-order chi connectivity index (χ1) is 10.5. The van der Waals surface area contributed by atoms with Gasteiger partial charge in [0, 0.05) is 0 Å². The van der Waals surface area contributed by atoms with Crippen molar-refractivity contribution >= 4 is 0 Å². The summed E-state index contributed by atoms with van der Waals surface area (Å²) in [6.45, 7) is 12.9. The number of hydrogen-bond acceptors (Lipinski definition) is 1. The van der Waals surface area contributed by atoms with Crippen molar-refractivity contribution in [2.75, 3.05) is 6.54 Å². The summed E-state index contributed by atoms with van der Waals surface area (Å²) in [6, 6.07) is 0. The molecule has 1 aliphatic carbocycles. The summed E-state index contributed by atoms with van der Waals surface area (Å²) < 4.78 is 0. The van der Waals surface area contributed by atoms with Crippen LogP contribution in [0.5, 0.6) is 0 Å². The molecule has 0 aromatic heterocycles. The molecule has 0 saturated heterocycles. The molecule has 1 nitrogen and oxygen atoms in total. The van der Waals surface area contributed by atoms with Crippen LogP contribution in [-0.2, 0) is 0 Å². The average molecular weight is 310 g/mol. The molecule has 0 amide bonds. The van der Waals surface area contributed by atoms with Crippen LogP contribution < -0.4 is 5.73 Å². The van der Waals surface area contributed by atoms with Crippen LogP contribution in [0.25, 0.3) is 0 Å². The van der Waals surface area contributed by atoms with Gasteiger partial charge in [0.2, 0.25) is 0 Å². The molecular weight excluding hydrogens is 266 g/mol. The molecule has 1 aliphatic rings. The Balaban J connectivity index is 2.31. The first-order valence-electron chi connectivity index (χ1n) is 10.2. The molecule has 1 rings (SSSR count). The smallest absolute Gasteiger partial charge is 0.00436 e. The molecule has 0 aromatic carbocycles. The fraction of sp³-hybridized carbons (Fsp3) is 1.00. The molecule has 0 aromatic rings. The molecule has 1 saturated carbocycles. The molecule has 0 heterocycles. The molecule has 22 heavy (non-hydrogen) atoms. The molecule has 2 N–H and O–H groups in total. The van der Waals surface area contributed by atoms with E-state index in [0.717, 1.165) is 30.2 Å². The first kappa shape index (κ1) is 20.0. The Morgan fingerprint density at radius 3 is 2.27 bits per heavy atom. The van der Waals surface area contributed by atoms with E-state index in [-0.39, 0.29) is 0 Å². The van der Waals surface area contributed by atoms with Crippen molar-refractivity contribution in [3.8, 4) is 0 Å². The maximum Gasteiger partial charge on any atom is -0.00436 e. The highest BCUT2D eigenvalue weighted by Crippen LogP contribution is 2.51. The zero-order chi connectivity index (χ0) is 16.6. The van der Waals surface area contributed by atoms with Crippen LogP contribution in [-0.4, -0.2) is 6.54 Å². The highest BCUT2D eigenvalue weighted by molar-refractivity contribution is 4.94. The van der Waals surface area contributed by atoms with Crippen molar-refractivity contribution in [1.29, 1.82) is 0 Å². The van der Waals surface area contributed by atoms with Gasteiger partial charge in [0.05, 0.1) is 0 Å². The summed E-state index contributed by atoms with van der Waals surface area (Å²) in [7, 11) is 0. The van der Waals surface area contributed by atoms with Crippen molar-refractivity contribution < 1.29 is 0 Å². The van der Waals surface area contributed by atoms with Crippen LogP contribution in [0.2, 0.25) is 0 Å². The largest absolute Gasteiger partial charge is 0.330 e. The Hall–Kier alpha value is -0.0400. The minimum absolute atomic E-state index is 0.523. The Morgan fingerprint density at radius 1 is 1.05 bits per heavy atom. The topological polar surface area (TPSA) is 26.0 Å². The van der Waals surface area contributed by atoms with E-state index in [1.165, 1.54) is 64.2 Å². The highest BCUT2D eigenvalue weighted by atomic mass is 14.6. The zero-order valence-electron chi connectivity index (χ0n) is 16.2. The maximum absolute atomic E-state index is 6.02. The van der Waals surface area contributed by atoms with E-state index in [2.05, 4.69) is 34.6 Å². The lowest BCUT2D eigenvalue weighted by atomic mass is 9.70. The Labute approximate surface area is 140 Å². The maximum atomic E-state index is 6.02. The van der Waals surface area contributed by atoms with E-state index in [0.29, 0.717) is 5.41 Å². The summed E-state index contributed by atoms with van der Waals surface area (Å²) >= 11 is 0. The monoisotopic (exact) mass is 309 g/mol. The van der Waals surface area contributed by atoms with Crippen molar-refractivity contribution in [3.63, 3.8) is 0 Å². The summed E-state index contributed by atoms with van der Waals surface area (Å²) in [5.41, 5.74) is 6.54. The van der Waals surface area contributed by atoms with Crippen molar-refractivity contribution in [2.24, 2.45) is 34.8 Å². The van der Waals surface area contributed by atoms with Gasteiger partial charge in [-0.25, -0.2) is 0 Å². The van der Waals surface area contributed by atoms with Gasteiger partial charge in [0.25, 0.3) is 0 Å². The second kappa shape index (κ2) is 9.96. The van der Waals surface area contributed by atoms with E-state index < -0.39 is 0 Å². The summed E-state index contributed by atoms with van der Waals surface area (Å²) in [4.78, 5) is 0. The first-order valence-corrected chi connectivity index (χ1v) is 10.2. The van der Waals surface area contributed by atoms with E-state index >= 15 is 0 Å². The molecular formula is C21H43N. The second-order valence-corrected chi connectivity index (χ2v) is 8.37. The van der Waals surface area contributed by atoms with E-state index in [1.54, 1.807) is 0 Å². The van der Waals surface area contributed by atoms with Gasteiger partial charge < -0.3 is 5.73 Å². The summed E-state index contributed by atoms with van der Waals surface area (Å²) in [6.07, 6.45) is 14.0. The number of nitrogens with two attached hydrogens (primary N) is 1. The highest BCUT2D eigenvalue weighted by Gasteiger charge is 2.43. The van der Waals surface area contributed by atoms with Crippen molar-refractivity contribution in [2.45, 2.75) is 98.8 Å². The van der Waals surface area contributed by atoms with E-state index in [1.807, 2.05) is 0 Å². The van der Waals surface area contributed by atoms with Crippen LogP contribution >= 0.6 is 0 Å². The number of rotatable bonds is 11. The van der Waals surface area contributed by atoms with Crippen molar-refractivity contribution in [3.05, 3.63) is 0 Å². The molecule has 0 bridgehead atoms. The van der Waals surface area contributed by atoms with Gasteiger partial charge in [0.15, 0.2) is 0 Å². The molecule has 1 heteroatoms. The lowest BCUT2D eigenvalue weighted by Crippen LogP contribution is -2.32. The predicted molar refractivity (Wildman–Crippen MR) is 100.0 cm³/mol. The van der Waals surface area contributed by atoms with Gasteiger partial charge in [-0.2, -0.15) is 0 Å². The van der Waals surface area contributed by atoms with Crippen LogP contribution in [0.3, 0.4) is 0 Å². The van der Waals surface area contributed by atoms with Gasteiger partial charge >= 0.3 is 0 Å². The molecule has 132 valence electrons. The molecule has 1 fully saturated rings. The third kappa shape index (κ3) is 5.25. The van der Waals surface area contributed by atoms with Crippen molar-refractivity contribution in [1.82, 2.24) is 0 Å². The van der Waals surface area contributed by atoms with Crippen LogP contribution in [0.4, 0.5) is 0 Å². The van der Waals surface area contributed by atoms with Gasteiger partial charge in [0.1, 0.15) is 0 Å². The zero-order valence-corrected chi connectivity index (χ0v) is 16.2. The molecule has 0 aliphatic heterocycles. The Bertz CT molecular complexity index is 288. The molecule has 5 atom stereocenters. The standard InChI is InChI=1S/C21H43N/c1-6-17(4)15-18(7-2)11-9-10-12-19-13-14-20(16-22)21(19,5)8-3/h17-20H,6-16,22H2,1-5H3/t17?,18?,19-,20?,21?/m1/s1. The van der Waals surface area contributed by atoms with Crippen LogP contribution in [0, 0.1) is 29.1 Å². The van der Waals surface area contributed by atoms with Gasteiger partial charge in [-0.1, -0.05) is 73.1 Å². The third-order valence-corrected chi connectivity index (χ3v) is 7.20. The SMILES string of the molecule is CCC(C)CC(CC)CCCC[C@@H]1CCC(CN)C1(C)CC. The average Bonchev–Trinajstić information content (AvgIpc) is 2.86. The third-order valence-electron chi connectivity index (χ3n) is 7.20. The number of unbranched alkanes of at least 4 members (excludes halogenated alkanes) is 1. The van der Waals surface area contributed by atoms with Gasteiger partial charge in [-0.05, 0) is 61.3 Å². The predicted octanol–water partition coefficient (Wildman–Crippen LogP) is 6.41. The van der Waals surface area contributed by atoms with Gasteiger partial charge in [-0.3, -0.25) is 0 Å². The van der Waals surface area contributed by atoms with E-state index in [9.17, 15) is 0 Å². The molecule has 0 spiro atoms. The van der Waals surface area contributed by atoms with Gasteiger partial charge in [-0.15, -0.1) is 0 Å². The molecule has 4 unspecified atom stereocenters. The van der Waals surface area contributed by atoms with Crippen LogP contribution in [0.1, 0.15) is 98.8 Å². The number of hydrogen-bond donors (Lipinski definition) is 1. The second-order valence-electron chi connectivity index (χ2n) is 8.37. The quantitative estimate of drug-likeness (QED) is 0.438. The normalized spacial score (nSPS) is 31.4. The lowest BCUT2D eigenvalue weighted by Gasteiger charge is -2.36.